The number of hydrogen-bond donors (Lipinski definition) is 3. The molecule has 0 fully saturated rings. The van der Waals surface area contributed by atoms with Crippen LogP contribution in [0.2, 0.25) is 0 Å². The SMILES string of the molecule is CC(=O)Nc1ccc(Sc2nc(Nc3cc(C)[nH]n3)c3ccc(OCCCN(C)C)cc3n2)cc1. The lowest BCUT2D eigenvalue weighted by Gasteiger charge is -2.12. The maximum absolute atomic E-state index is 11.3. The van der Waals surface area contributed by atoms with Gasteiger partial charge in [0, 0.05) is 47.3 Å². The van der Waals surface area contributed by atoms with E-state index in [1.165, 1.54) is 18.7 Å². The van der Waals surface area contributed by atoms with E-state index in [9.17, 15) is 4.79 Å². The predicted octanol–water partition coefficient (Wildman–Crippen LogP) is 4.85. The van der Waals surface area contributed by atoms with Crippen molar-refractivity contribution in [3.8, 4) is 5.75 Å². The number of aromatic amines is 1. The summed E-state index contributed by atoms with van der Waals surface area (Å²) in [5.41, 5.74) is 2.47. The van der Waals surface area contributed by atoms with Gasteiger partial charge in [0.1, 0.15) is 11.6 Å². The fourth-order valence-corrected chi connectivity index (χ4v) is 4.17. The van der Waals surface area contributed by atoms with Gasteiger partial charge in [0.25, 0.3) is 0 Å². The van der Waals surface area contributed by atoms with Gasteiger partial charge in [0.2, 0.25) is 5.91 Å². The van der Waals surface area contributed by atoms with Gasteiger partial charge in [-0.15, -0.1) is 0 Å². The van der Waals surface area contributed by atoms with Gasteiger partial charge in [-0.1, -0.05) is 0 Å². The summed E-state index contributed by atoms with van der Waals surface area (Å²) in [7, 11) is 4.10. The Labute approximate surface area is 208 Å². The van der Waals surface area contributed by atoms with Gasteiger partial charge in [-0.3, -0.25) is 9.89 Å². The normalized spacial score (nSPS) is 11.1. The van der Waals surface area contributed by atoms with E-state index >= 15 is 0 Å². The van der Waals surface area contributed by atoms with Crippen molar-refractivity contribution >= 4 is 45.9 Å². The molecule has 9 nitrogen and oxygen atoms in total. The number of fused-ring (bicyclic) bond motifs is 1. The summed E-state index contributed by atoms with van der Waals surface area (Å²) in [5.74, 6) is 2.01. The Balaban J connectivity index is 1.61. The second-order valence-electron chi connectivity index (χ2n) is 8.41. The highest BCUT2D eigenvalue weighted by Gasteiger charge is 2.12. The second-order valence-corrected chi connectivity index (χ2v) is 9.45. The third-order valence-electron chi connectivity index (χ3n) is 5.00. The van der Waals surface area contributed by atoms with Crippen LogP contribution in [0.5, 0.6) is 5.75 Å². The average molecular weight is 492 g/mol. The largest absolute Gasteiger partial charge is 0.493 e. The first kappa shape index (κ1) is 24.5. The van der Waals surface area contributed by atoms with Crippen LogP contribution < -0.4 is 15.4 Å². The third kappa shape index (κ3) is 6.93. The summed E-state index contributed by atoms with van der Waals surface area (Å²) in [5, 5.41) is 14.8. The van der Waals surface area contributed by atoms with Crippen LogP contribution in [0.15, 0.2) is 58.6 Å². The number of benzene rings is 2. The summed E-state index contributed by atoms with van der Waals surface area (Å²) < 4.78 is 5.96. The summed E-state index contributed by atoms with van der Waals surface area (Å²) in [4.78, 5) is 23.9. The smallest absolute Gasteiger partial charge is 0.221 e. The molecule has 2 aromatic carbocycles. The lowest BCUT2D eigenvalue weighted by atomic mass is 10.2. The molecule has 0 spiro atoms. The van der Waals surface area contributed by atoms with Gasteiger partial charge in [-0.2, -0.15) is 5.10 Å². The van der Waals surface area contributed by atoms with Gasteiger partial charge in [-0.25, -0.2) is 9.97 Å². The van der Waals surface area contributed by atoms with Crippen LogP contribution in [0.3, 0.4) is 0 Å². The first-order valence-electron chi connectivity index (χ1n) is 11.3. The summed E-state index contributed by atoms with van der Waals surface area (Å²) in [6, 6.07) is 15.3. The van der Waals surface area contributed by atoms with Crippen LogP contribution >= 0.6 is 11.8 Å². The fourth-order valence-electron chi connectivity index (χ4n) is 3.41. The number of anilines is 3. The minimum Gasteiger partial charge on any atom is -0.493 e. The van der Waals surface area contributed by atoms with E-state index in [1.54, 1.807) is 0 Å². The van der Waals surface area contributed by atoms with Crippen molar-refractivity contribution in [1.29, 1.82) is 0 Å². The van der Waals surface area contributed by atoms with E-state index in [0.29, 0.717) is 23.4 Å². The first-order valence-corrected chi connectivity index (χ1v) is 12.1. The fraction of sp³-hybridized carbons (Fsp3) is 0.280. The number of carbonyl (C=O) groups excluding carboxylic acids is 1. The van der Waals surface area contributed by atoms with E-state index in [1.807, 2.05) is 55.5 Å². The molecule has 0 bridgehead atoms. The molecule has 3 N–H and O–H groups in total. The molecule has 1 amide bonds. The van der Waals surface area contributed by atoms with Crippen molar-refractivity contribution in [2.75, 3.05) is 37.9 Å². The zero-order chi connectivity index (χ0) is 24.8. The zero-order valence-corrected chi connectivity index (χ0v) is 21.1. The molecule has 0 saturated carbocycles. The van der Waals surface area contributed by atoms with Gasteiger partial charge < -0.3 is 20.3 Å². The van der Waals surface area contributed by atoms with Crippen LogP contribution in [0.1, 0.15) is 19.0 Å². The number of aromatic nitrogens is 4. The Kier molecular flexibility index (Phi) is 7.84. The number of amides is 1. The number of rotatable bonds is 10. The molecule has 0 aliphatic rings. The van der Waals surface area contributed by atoms with Gasteiger partial charge >= 0.3 is 0 Å². The number of hydrogen-bond acceptors (Lipinski definition) is 8. The van der Waals surface area contributed by atoms with Crippen LogP contribution in [0.4, 0.5) is 17.3 Å². The topological polar surface area (TPSA) is 108 Å². The predicted molar refractivity (Wildman–Crippen MR) is 140 cm³/mol. The zero-order valence-electron chi connectivity index (χ0n) is 20.3. The quantitative estimate of drug-likeness (QED) is 0.214. The molecule has 0 unspecified atom stereocenters. The Bertz CT molecular complexity index is 1310. The lowest BCUT2D eigenvalue weighted by molar-refractivity contribution is -0.114. The highest BCUT2D eigenvalue weighted by Crippen LogP contribution is 2.32. The van der Waals surface area contributed by atoms with Crippen LogP contribution in [0.25, 0.3) is 10.9 Å². The molecule has 182 valence electrons. The van der Waals surface area contributed by atoms with Crippen LogP contribution in [0, 0.1) is 6.92 Å². The van der Waals surface area contributed by atoms with E-state index in [4.69, 9.17) is 14.7 Å². The monoisotopic (exact) mass is 491 g/mol. The molecule has 35 heavy (non-hydrogen) atoms. The van der Waals surface area contributed by atoms with Gasteiger partial charge in [-0.05, 0) is 75.6 Å². The second kappa shape index (κ2) is 11.2. The molecular weight excluding hydrogens is 462 g/mol. The Morgan fingerprint density at radius 1 is 1.11 bits per heavy atom. The van der Waals surface area contributed by atoms with E-state index < -0.39 is 0 Å². The Hall–Kier alpha value is -3.63. The highest BCUT2D eigenvalue weighted by molar-refractivity contribution is 7.99. The molecule has 0 saturated heterocycles. The molecule has 0 aliphatic heterocycles. The van der Waals surface area contributed by atoms with Crippen molar-refractivity contribution in [2.45, 2.75) is 30.3 Å². The molecular formula is C25H29N7O2S. The standard InChI is InChI=1S/C25H29N7O2S/c1-16-14-23(31-30-16)28-24-21-11-8-19(34-13-5-12-32(3)4)15-22(21)27-25(29-24)35-20-9-6-18(7-10-20)26-17(2)33/h6-11,14-15H,5,12-13H2,1-4H3,(H,26,33)(H2,27,28,29,30,31). The van der Waals surface area contributed by atoms with Crippen LogP contribution in [-0.4, -0.2) is 58.2 Å². The molecule has 2 heterocycles. The summed E-state index contributed by atoms with van der Waals surface area (Å²) in [6.45, 7) is 5.03. The maximum atomic E-state index is 11.3. The van der Waals surface area contributed by atoms with Crippen molar-refractivity contribution in [3.63, 3.8) is 0 Å². The minimum absolute atomic E-state index is 0.104. The minimum atomic E-state index is -0.104. The average Bonchev–Trinajstić information content (AvgIpc) is 3.22. The van der Waals surface area contributed by atoms with Gasteiger partial charge in [0.05, 0.1) is 12.1 Å². The van der Waals surface area contributed by atoms with Crippen molar-refractivity contribution in [1.82, 2.24) is 25.1 Å². The molecule has 0 atom stereocenters. The number of H-pyrrole nitrogens is 1. The molecule has 4 rings (SSSR count). The van der Waals surface area contributed by atoms with Crippen molar-refractivity contribution in [2.24, 2.45) is 0 Å². The molecule has 2 aromatic heterocycles. The van der Waals surface area contributed by atoms with E-state index in [0.717, 1.165) is 45.9 Å². The lowest BCUT2D eigenvalue weighted by Crippen LogP contribution is -2.15. The maximum Gasteiger partial charge on any atom is 0.221 e. The molecule has 4 aromatic rings. The number of carbonyl (C=O) groups is 1. The molecule has 10 heteroatoms. The van der Waals surface area contributed by atoms with E-state index in [2.05, 4.69) is 39.8 Å². The van der Waals surface area contributed by atoms with E-state index in [-0.39, 0.29) is 5.91 Å². The van der Waals surface area contributed by atoms with Crippen molar-refractivity contribution < 1.29 is 9.53 Å². The van der Waals surface area contributed by atoms with Crippen molar-refractivity contribution in [3.05, 3.63) is 54.2 Å². The Morgan fingerprint density at radius 2 is 1.91 bits per heavy atom. The number of ether oxygens (including phenoxy) is 1. The highest BCUT2D eigenvalue weighted by atomic mass is 32.2. The van der Waals surface area contributed by atoms with Gasteiger partial charge in [0.15, 0.2) is 11.0 Å². The third-order valence-corrected chi connectivity index (χ3v) is 5.88. The summed E-state index contributed by atoms with van der Waals surface area (Å²) in [6.07, 6.45) is 0.940. The number of nitrogens with zero attached hydrogens (tertiary/aromatic N) is 4. The number of nitrogens with one attached hydrogen (secondary N) is 3. The molecule has 0 radical (unpaired) electrons. The Morgan fingerprint density at radius 3 is 2.60 bits per heavy atom. The van der Waals surface area contributed by atoms with Crippen LogP contribution in [-0.2, 0) is 4.79 Å². The summed E-state index contributed by atoms with van der Waals surface area (Å²) >= 11 is 1.44. The molecule has 0 aliphatic carbocycles. The first-order chi connectivity index (χ1) is 16.9. The number of aryl methyl sites for hydroxylation is 1.